The van der Waals surface area contributed by atoms with Crippen LogP contribution in [0.2, 0.25) is 4.47 Å². The lowest BCUT2D eigenvalue weighted by Crippen LogP contribution is -2.11. The van der Waals surface area contributed by atoms with Gasteiger partial charge in [-0.3, -0.25) is 0 Å². The summed E-state index contributed by atoms with van der Waals surface area (Å²) in [6.07, 6.45) is 0.968. The van der Waals surface area contributed by atoms with Gasteiger partial charge in [0, 0.05) is 4.88 Å². The molecule has 0 aromatic carbocycles. The van der Waals surface area contributed by atoms with Crippen LogP contribution in [0.3, 0.4) is 0 Å². The van der Waals surface area contributed by atoms with E-state index < -0.39 is 0 Å². The smallest absolute Gasteiger partial charge is 0.184 e. The summed E-state index contributed by atoms with van der Waals surface area (Å²) in [5, 5.41) is 0. The van der Waals surface area contributed by atoms with Crippen LogP contribution in [0.5, 0.6) is 0 Å². The van der Waals surface area contributed by atoms with Crippen molar-refractivity contribution in [3.05, 3.63) is 15.0 Å². The number of aryl methyl sites for hydroxylation is 1. The second-order valence-corrected chi connectivity index (χ2v) is 5.43. The van der Waals surface area contributed by atoms with Crippen molar-refractivity contribution in [2.45, 2.75) is 39.5 Å². The molecule has 0 spiro atoms. The topological polar surface area (TPSA) is 12.9 Å². The van der Waals surface area contributed by atoms with E-state index in [2.05, 4.69) is 32.7 Å². The van der Waals surface area contributed by atoms with Gasteiger partial charge in [0.05, 0.1) is 5.69 Å². The largest absolute Gasteiger partial charge is 0.230 e. The average molecular weight is 204 g/mol. The summed E-state index contributed by atoms with van der Waals surface area (Å²) in [6, 6.07) is 0. The van der Waals surface area contributed by atoms with Gasteiger partial charge >= 0.3 is 0 Å². The number of aromatic nitrogens is 1. The fraction of sp³-hybridized carbons (Fsp3) is 0.667. The molecule has 1 aromatic heterocycles. The van der Waals surface area contributed by atoms with Gasteiger partial charge in [-0.15, -0.1) is 11.3 Å². The summed E-state index contributed by atoms with van der Waals surface area (Å²) < 4.78 is 0.664. The van der Waals surface area contributed by atoms with Crippen LogP contribution in [0.1, 0.15) is 38.3 Å². The van der Waals surface area contributed by atoms with Gasteiger partial charge in [0.15, 0.2) is 4.47 Å². The fourth-order valence-electron chi connectivity index (χ4n) is 1.15. The molecular weight excluding hydrogens is 190 g/mol. The van der Waals surface area contributed by atoms with E-state index in [1.54, 1.807) is 11.3 Å². The fourth-order valence-corrected chi connectivity index (χ4v) is 2.42. The highest BCUT2D eigenvalue weighted by atomic mass is 35.5. The summed E-state index contributed by atoms with van der Waals surface area (Å²) in [5.74, 6) is 0. The molecule has 12 heavy (non-hydrogen) atoms. The van der Waals surface area contributed by atoms with Crippen LogP contribution in [0, 0.1) is 0 Å². The normalized spacial score (nSPS) is 12.1. The molecule has 0 bridgehead atoms. The highest BCUT2D eigenvalue weighted by molar-refractivity contribution is 7.16. The van der Waals surface area contributed by atoms with Crippen LogP contribution < -0.4 is 0 Å². The van der Waals surface area contributed by atoms with Gasteiger partial charge in [0.1, 0.15) is 0 Å². The summed E-state index contributed by atoms with van der Waals surface area (Å²) in [7, 11) is 0. The lowest BCUT2D eigenvalue weighted by molar-refractivity contribution is 0.595. The van der Waals surface area contributed by atoms with E-state index in [1.807, 2.05) is 0 Å². The van der Waals surface area contributed by atoms with Crippen LogP contribution >= 0.6 is 22.9 Å². The van der Waals surface area contributed by atoms with Crippen LogP contribution in [0.25, 0.3) is 0 Å². The zero-order chi connectivity index (χ0) is 9.35. The van der Waals surface area contributed by atoms with Gasteiger partial charge in [-0.2, -0.15) is 0 Å². The Morgan fingerprint density at radius 2 is 2.00 bits per heavy atom. The third-order valence-electron chi connectivity index (χ3n) is 1.69. The Morgan fingerprint density at radius 1 is 1.42 bits per heavy atom. The molecule has 0 aliphatic carbocycles. The molecule has 1 nitrogen and oxygen atoms in total. The Bertz CT molecular complexity index is 273. The van der Waals surface area contributed by atoms with Gasteiger partial charge in [-0.25, -0.2) is 4.98 Å². The first kappa shape index (κ1) is 10.0. The number of thiazole rings is 1. The minimum Gasteiger partial charge on any atom is -0.230 e. The summed E-state index contributed by atoms with van der Waals surface area (Å²) >= 11 is 7.46. The summed E-state index contributed by atoms with van der Waals surface area (Å²) in [4.78, 5) is 5.59. The second kappa shape index (κ2) is 3.35. The van der Waals surface area contributed by atoms with Crippen molar-refractivity contribution in [3.8, 4) is 0 Å². The number of rotatable bonds is 1. The Hall–Kier alpha value is -0.0800. The van der Waals surface area contributed by atoms with Crippen molar-refractivity contribution in [3.63, 3.8) is 0 Å². The third-order valence-corrected chi connectivity index (χ3v) is 3.32. The molecule has 68 valence electrons. The minimum absolute atomic E-state index is 0.177. The zero-order valence-corrected chi connectivity index (χ0v) is 9.51. The summed E-state index contributed by atoms with van der Waals surface area (Å²) in [6.45, 7) is 8.68. The van der Waals surface area contributed by atoms with E-state index in [4.69, 9.17) is 11.6 Å². The monoisotopic (exact) mass is 203 g/mol. The van der Waals surface area contributed by atoms with E-state index in [9.17, 15) is 0 Å². The SMILES string of the molecule is CCc1nc(Cl)sc1C(C)(C)C. The van der Waals surface area contributed by atoms with E-state index in [0.717, 1.165) is 12.1 Å². The molecule has 1 rings (SSSR count). The molecule has 0 atom stereocenters. The summed E-state index contributed by atoms with van der Waals surface area (Å²) in [5.41, 5.74) is 1.33. The molecule has 0 fully saturated rings. The predicted molar refractivity (Wildman–Crippen MR) is 55.2 cm³/mol. The highest BCUT2D eigenvalue weighted by Crippen LogP contribution is 2.33. The molecule has 3 heteroatoms. The number of nitrogens with zero attached hydrogens (tertiary/aromatic N) is 1. The Kier molecular flexibility index (Phi) is 2.79. The highest BCUT2D eigenvalue weighted by Gasteiger charge is 2.21. The van der Waals surface area contributed by atoms with E-state index in [1.165, 1.54) is 4.88 Å². The van der Waals surface area contributed by atoms with Crippen molar-refractivity contribution in [2.24, 2.45) is 0 Å². The molecule has 0 N–H and O–H groups in total. The van der Waals surface area contributed by atoms with Crippen LogP contribution in [-0.4, -0.2) is 4.98 Å². The lowest BCUT2D eigenvalue weighted by Gasteiger charge is -2.16. The predicted octanol–water partition coefficient (Wildman–Crippen LogP) is 3.66. The van der Waals surface area contributed by atoms with Gasteiger partial charge in [0.25, 0.3) is 0 Å². The molecule has 0 radical (unpaired) electrons. The Labute approximate surface area is 82.8 Å². The zero-order valence-electron chi connectivity index (χ0n) is 7.94. The molecule has 1 aromatic rings. The quantitative estimate of drug-likeness (QED) is 0.679. The number of halogens is 1. The van der Waals surface area contributed by atoms with Crippen molar-refractivity contribution >= 4 is 22.9 Å². The van der Waals surface area contributed by atoms with Gasteiger partial charge in [-0.05, 0) is 11.8 Å². The van der Waals surface area contributed by atoms with E-state index >= 15 is 0 Å². The molecular formula is C9H14ClNS. The molecule has 0 saturated heterocycles. The van der Waals surface area contributed by atoms with Gasteiger partial charge < -0.3 is 0 Å². The van der Waals surface area contributed by atoms with Crippen molar-refractivity contribution in [1.82, 2.24) is 4.98 Å². The maximum atomic E-state index is 5.86. The molecule has 0 saturated carbocycles. The van der Waals surface area contributed by atoms with Crippen molar-refractivity contribution < 1.29 is 0 Å². The van der Waals surface area contributed by atoms with Gasteiger partial charge in [0.2, 0.25) is 0 Å². The Morgan fingerprint density at radius 3 is 2.33 bits per heavy atom. The van der Waals surface area contributed by atoms with Gasteiger partial charge in [-0.1, -0.05) is 39.3 Å². The standard InChI is InChI=1S/C9H14ClNS/c1-5-6-7(9(2,3)4)12-8(10)11-6/h5H2,1-4H3. The van der Waals surface area contributed by atoms with Crippen LogP contribution in [-0.2, 0) is 11.8 Å². The maximum absolute atomic E-state index is 5.86. The molecule has 1 heterocycles. The first-order valence-electron chi connectivity index (χ1n) is 4.11. The van der Waals surface area contributed by atoms with Crippen LogP contribution in [0.15, 0.2) is 0 Å². The molecule has 0 aliphatic rings. The third kappa shape index (κ3) is 1.99. The van der Waals surface area contributed by atoms with Crippen molar-refractivity contribution in [2.75, 3.05) is 0 Å². The second-order valence-electron chi connectivity index (χ2n) is 3.85. The van der Waals surface area contributed by atoms with Crippen molar-refractivity contribution in [1.29, 1.82) is 0 Å². The van der Waals surface area contributed by atoms with E-state index in [-0.39, 0.29) is 5.41 Å². The first-order valence-corrected chi connectivity index (χ1v) is 5.30. The number of hydrogen-bond donors (Lipinski definition) is 0. The maximum Gasteiger partial charge on any atom is 0.184 e. The molecule has 0 amide bonds. The molecule has 0 unspecified atom stereocenters. The average Bonchev–Trinajstić information content (AvgIpc) is 2.29. The number of hydrogen-bond acceptors (Lipinski definition) is 2. The van der Waals surface area contributed by atoms with E-state index in [0.29, 0.717) is 4.47 Å². The Balaban J connectivity index is 3.13. The first-order chi connectivity index (χ1) is 5.45. The van der Waals surface area contributed by atoms with Crippen LogP contribution in [0.4, 0.5) is 0 Å². The lowest BCUT2D eigenvalue weighted by atomic mass is 9.93. The molecule has 0 aliphatic heterocycles. The minimum atomic E-state index is 0.177.